The molecule has 1 atom stereocenters. The van der Waals surface area contributed by atoms with E-state index in [0.717, 1.165) is 20.5 Å². The van der Waals surface area contributed by atoms with Crippen LogP contribution in [0.15, 0.2) is 77.5 Å². The van der Waals surface area contributed by atoms with Gasteiger partial charge in [-0.15, -0.1) is 0 Å². The first-order chi connectivity index (χ1) is 16.4. The zero-order valence-electron chi connectivity index (χ0n) is 18.7. The first-order valence-electron chi connectivity index (χ1n) is 11.0. The van der Waals surface area contributed by atoms with Crippen LogP contribution >= 0.6 is 15.9 Å². The summed E-state index contributed by atoms with van der Waals surface area (Å²) in [7, 11) is 0. The van der Waals surface area contributed by atoms with Crippen molar-refractivity contribution in [3.05, 3.63) is 88.7 Å². The van der Waals surface area contributed by atoms with Crippen molar-refractivity contribution in [1.29, 1.82) is 0 Å². The van der Waals surface area contributed by atoms with Crippen molar-refractivity contribution in [1.82, 2.24) is 10.3 Å². The fourth-order valence-electron chi connectivity index (χ4n) is 4.09. The molecule has 1 saturated heterocycles. The standard InChI is InChI=1S/C26H24BrN3O4/c1-2-34-22-9-3-19(4-10-22)17-26(14-11-18-12-15-28-16-13-18)23(31)29-25(33)30(24(26)32)21-7-5-20(27)6-8-21/h3-10,12-13,15-16H,2,11,14,17H2,1H3,(H,29,31,33)/t26-/m0/s1. The van der Waals surface area contributed by atoms with Crippen molar-refractivity contribution in [3.63, 3.8) is 0 Å². The van der Waals surface area contributed by atoms with Crippen molar-refractivity contribution in [2.75, 3.05) is 11.5 Å². The highest BCUT2D eigenvalue weighted by Crippen LogP contribution is 2.37. The van der Waals surface area contributed by atoms with Gasteiger partial charge in [-0.1, -0.05) is 28.1 Å². The van der Waals surface area contributed by atoms with Gasteiger partial charge in [0.2, 0.25) is 5.91 Å². The lowest BCUT2D eigenvalue weighted by Gasteiger charge is -2.39. The number of imide groups is 2. The van der Waals surface area contributed by atoms with Crippen LogP contribution in [0.5, 0.6) is 5.75 Å². The van der Waals surface area contributed by atoms with Gasteiger partial charge in [0.1, 0.15) is 11.2 Å². The molecular formula is C26H24BrN3O4. The number of barbiturate groups is 1. The van der Waals surface area contributed by atoms with Crippen LogP contribution < -0.4 is 15.0 Å². The number of halogens is 1. The van der Waals surface area contributed by atoms with E-state index in [-0.39, 0.29) is 12.8 Å². The number of ether oxygens (including phenoxy) is 1. The second-order valence-corrected chi connectivity index (χ2v) is 8.98. The Morgan fingerprint density at radius 2 is 1.62 bits per heavy atom. The van der Waals surface area contributed by atoms with Crippen LogP contribution in [-0.2, 0) is 22.4 Å². The van der Waals surface area contributed by atoms with Gasteiger partial charge in [0.25, 0.3) is 5.91 Å². The third-order valence-corrected chi connectivity index (χ3v) is 6.41. The molecule has 0 spiro atoms. The van der Waals surface area contributed by atoms with Crippen LogP contribution in [0.3, 0.4) is 0 Å². The number of aryl methyl sites for hydroxylation is 1. The van der Waals surface area contributed by atoms with Gasteiger partial charge in [0.15, 0.2) is 0 Å². The molecule has 0 bridgehead atoms. The van der Waals surface area contributed by atoms with Crippen LogP contribution in [0.2, 0.25) is 0 Å². The fraction of sp³-hybridized carbons (Fsp3) is 0.231. The van der Waals surface area contributed by atoms with E-state index in [1.807, 2.05) is 43.3 Å². The molecule has 2 aromatic carbocycles. The highest BCUT2D eigenvalue weighted by Gasteiger charge is 2.53. The summed E-state index contributed by atoms with van der Waals surface area (Å²) < 4.78 is 6.33. The number of aromatic nitrogens is 1. The van der Waals surface area contributed by atoms with Crippen molar-refractivity contribution in [2.24, 2.45) is 5.41 Å². The smallest absolute Gasteiger partial charge is 0.335 e. The molecule has 1 aliphatic rings. The first-order valence-corrected chi connectivity index (χ1v) is 11.8. The lowest BCUT2D eigenvalue weighted by molar-refractivity contribution is -0.143. The zero-order valence-corrected chi connectivity index (χ0v) is 20.2. The average Bonchev–Trinajstić information content (AvgIpc) is 2.84. The molecule has 4 amide bonds. The summed E-state index contributed by atoms with van der Waals surface area (Å²) in [6.45, 7) is 2.45. The Labute approximate surface area is 206 Å². The van der Waals surface area contributed by atoms with Gasteiger partial charge in [0.05, 0.1) is 12.3 Å². The predicted octanol–water partition coefficient (Wildman–Crippen LogP) is 4.69. The average molecular weight is 522 g/mol. The van der Waals surface area contributed by atoms with Crippen LogP contribution in [0, 0.1) is 5.41 Å². The minimum atomic E-state index is -1.46. The molecule has 1 aromatic heterocycles. The minimum Gasteiger partial charge on any atom is -0.494 e. The summed E-state index contributed by atoms with van der Waals surface area (Å²) >= 11 is 3.37. The summed E-state index contributed by atoms with van der Waals surface area (Å²) in [6.07, 6.45) is 4.20. The predicted molar refractivity (Wildman–Crippen MR) is 131 cm³/mol. The lowest BCUT2D eigenvalue weighted by Crippen LogP contribution is -2.65. The second kappa shape index (κ2) is 10.2. The Morgan fingerprint density at radius 1 is 0.941 bits per heavy atom. The summed E-state index contributed by atoms with van der Waals surface area (Å²) in [5.74, 6) is -0.409. The summed E-state index contributed by atoms with van der Waals surface area (Å²) in [6, 6.07) is 17.1. The van der Waals surface area contributed by atoms with E-state index in [4.69, 9.17) is 4.74 Å². The van der Waals surface area contributed by atoms with E-state index in [1.165, 1.54) is 0 Å². The molecular weight excluding hydrogens is 498 g/mol. The molecule has 0 saturated carbocycles. The molecule has 8 heteroatoms. The van der Waals surface area contributed by atoms with E-state index in [9.17, 15) is 14.4 Å². The van der Waals surface area contributed by atoms with Gasteiger partial charge < -0.3 is 4.74 Å². The Bertz CT molecular complexity index is 1180. The number of nitrogens with zero attached hydrogens (tertiary/aromatic N) is 2. The zero-order chi connectivity index (χ0) is 24.1. The number of nitrogens with one attached hydrogen (secondary N) is 1. The van der Waals surface area contributed by atoms with Crippen molar-refractivity contribution >= 4 is 39.5 Å². The first kappa shape index (κ1) is 23.6. The van der Waals surface area contributed by atoms with Crippen LogP contribution in [0.25, 0.3) is 0 Å². The van der Waals surface area contributed by atoms with Crippen LogP contribution in [0.4, 0.5) is 10.5 Å². The van der Waals surface area contributed by atoms with Crippen LogP contribution in [-0.4, -0.2) is 29.4 Å². The normalized spacial score (nSPS) is 18.1. The maximum atomic E-state index is 13.9. The quantitative estimate of drug-likeness (QED) is 0.434. The maximum Gasteiger partial charge on any atom is 0.335 e. The molecule has 174 valence electrons. The van der Waals surface area contributed by atoms with Crippen molar-refractivity contribution in [3.8, 4) is 5.75 Å². The Hall–Kier alpha value is -3.52. The third-order valence-electron chi connectivity index (χ3n) is 5.89. The number of benzene rings is 2. The van der Waals surface area contributed by atoms with Crippen LogP contribution in [0.1, 0.15) is 24.5 Å². The minimum absolute atomic E-state index is 0.148. The molecule has 4 rings (SSSR count). The number of hydrogen-bond acceptors (Lipinski definition) is 5. The second-order valence-electron chi connectivity index (χ2n) is 8.07. The van der Waals surface area contributed by atoms with Crippen molar-refractivity contribution < 1.29 is 19.1 Å². The van der Waals surface area contributed by atoms with Gasteiger partial charge in [0, 0.05) is 16.9 Å². The highest BCUT2D eigenvalue weighted by atomic mass is 79.9. The number of pyridine rings is 1. The van der Waals surface area contributed by atoms with E-state index in [1.54, 1.807) is 36.7 Å². The summed E-state index contributed by atoms with van der Waals surface area (Å²) in [5.41, 5.74) is 0.691. The molecule has 2 heterocycles. The Morgan fingerprint density at radius 3 is 2.26 bits per heavy atom. The van der Waals surface area contributed by atoms with Gasteiger partial charge >= 0.3 is 6.03 Å². The Balaban J connectivity index is 1.72. The highest BCUT2D eigenvalue weighted by molar-refractivity contribution is 9.10. The maximum absolute atomic E-state index is 13.9. The SMILES string of the molecule is CCOc1ccc(C[C@@]2(CCc3ccncc3)C(=O)NC(=O)N(c3ccc(Br)cc3)C2=O)cc1. The van der Waals surface area contributed by atoms with E-state index in [0.29, 0.717) is 24.5 Å². The molecule has 3 aromatic rings. The Kier molecular flexibility index (Phi) is 7.07. The molecule has 0 unspecified atom stereocenters. The van der Waals surface area contributed by atoms with E-state index >= 15 is 0 Å². The summed E-state index contributed by atoms with van der Waals surface area (Å²) in [5, 5.41) is 2.43. The molecule has 1 N–H and O–H groups in total. The fourth-order valence-corrected chi connectivity index (χ4v) is 4.36. The van der Waals surface area contributed by atoms with Gasteiger partial charge in [-0.05, 0) is 85.8 Å². The molecule has 1 fully saturated rings. The van der Waals surface area contributed by atoms with Crippen molar-refractivity contribution in [2.45, 2.75) is 26.2 Å². The van der Waals surface area contributed by atoms with Gasteiger partial charge in [-0.3, -0.25) is 19.9 Å². The number of rotatable bonds is 8. The number of amides is 4. The van der Waals surface area contributed by atoms with E-state index < -0.39 is 23.3 Å². The van der Waals surface area contributed by atoms with E-state index in [2.05, 4.69) is 26.2 Å². The monoisotopic (exact) mass is 521 g/mol. The third kappa shape index (κ3) is 4.87. The van der Waals surface area contributed by atoms with Gasteiger partial charge in [-0.2, -0.15) is 0 Å². The van der Waals surface area contributed by atoms with Gasteiger partial charge in [-0.25, -0.2) is 9.69 Å². The largest absolute Gasteiger partial charge is 0.494 e. The number of carbonyl (C=O) groups is 3. The molecule has 34 heavy (non-hydrogen) atoms. The molecule has 1 aliphatic heterocycles. The topological polar surface area (TPSA) is 88.6 Å². The lowest BCUT2D eigenvalue weighted by atomic mass is 9.73. The number of carbonyl (C=O) groups excluding carboxylic acids is 3. The molecule has 7 nitrogen and oxygen atoms in total. The number of anilines is 1. The number of hydrogen-bond donors (Lipinski definition) is 1. The molecule has 0 aliphatic carbocycles. The number of urea groups is 1. The summed E-state index contributed by atoms with van der Waals surface area (Å²) in [4.78, 5) is 45.1. The molecule has 0 radical (unpaired) electrons.